The zero-order valence-corrected chi connectivity index (χ0v) is 14.9. The molecule has 7 heteroatoms. The molecule has 0 spiro atoms. The van der Waals surface area contributed by atoms with E-state index < -0.39 is 5.97 Å². The van der Waals surface area contributed by atoms with Gasteiger partial charge in [-0.25, -0.2) is 4.79 Å². The van der Waals surface area contributed by atoms with E-state index in [0.717, 1.165) is 5.56 Å². The quantitative estimate of drug-likeness (QED) is 0.728. The van der Waals surface area contributed by atoms with Gasteiger partial charge in [0, 0.05) is 12.1 Å². The second kappa shape index (κ2) is 9.31. The zero-order valence-electron chi connectivity index (χ0n) is 14.9. The van der Waals surface area contributed by atoms with Gasteiger partial charge in [-0.3, -0.25) is 4.79 Å². The number of hydrogen-bond acceptors (Lipinski definition) is 6. The normalized spacial score (nSPS) is 9.96. The number of carbonyl (C=O) groups is 2. The molecule has 2 rings (SSSR count). The van der Waals surface area contributed by atoms with Crippen LogP contribution >= 0.6 is 0 Å². The van der Waals surface area contributed by atoms with Crippen LogP contribution in [0.2, 0.25) is 0 Å². The first-order valence-corrected chi connectivity index (χ1v) is 7.86. The second-order valence-electron chi connectivity index (χ2n) is 5.23. The van der Waals surface area contributed by atoms with Crippen molar-refractivity contribution in [3.8, 4) is 17.2 Å². The van der Waals surface area contributed by atoms with E-state index in [-0.39, 0.29) is 12.5 Å². The van der Waals surface area contributed by atoms with Gasteiger partial charge in [-0.1, -0.05) is 18.2 Å². The molecule has 1 amide bonds. The molecule has 138 valence electrons. The summed E-state index contributed by atoms with van der Waals surface area (Å²) in [5.74, 6) is 0.617. The van der Waals surface area contributed by atoms with Crippen LogP contribution < -0.4 is 19.5 Å². The lowest BCUT2D eigenvalue weighted by Gasteiger charge is -2.12. The Morgan fingerprint density at radius 3 is 2.35 bits per heavy atom. The minimum atomic E-state index is -0.482. The van der Waals surface area contributed by atoms with Gasteiger partial charge in [-0.2, -0.15) is 0 Å². The summed E-state index contributed by atoms with van der Waals surface area (Å²) in [4.78, 5) is 23.6. The highest BCUT2D eigenvalue weighted by Gasteiger charge is 2.13. The summed E-state index contributed by atoms with van der Waals surface area (Å²) in [7, 11) is 4.32. The first kappa shape index (κ1) is 19.1. The number of esters is 1. The third kappa shape index (κ3) is 4.89. The zero-order chi connectivity index (χ0) is 18.9. The summed E-state index contributed by atoms with van der Waals surface area (Å²) < 4.78 is 20.6. The van der Waals surface area contributed by atoms with Crippen molar-refractivity contribution in [1.29, 1.82) is 0 Å². The standard InChI is InChI=1S/C19H21NO6/c1-23-15-7-5-4-6-14(15)11-20-18(21)12-26-16-9-8-13(19(22)25-3)10-17(16)24-2/h4-10H,11-12H2,1-3H3,(H,20,21). The molecule has 0 aliphatic rings. The van der Waals surface area contributed by atoms with Gasteiger partial charge < -0.3 is 24.3 Å². The van der Waals surface area contributed by atoms with Crippen LogP contribution in [0.5, 0.6) is 17.2 Å². The molecule has 26 heavy (non-hydrogen) atoms. The molecule has 0 aliphatic heterocycles. The maximum atomic E-state index is 12.0. The van der Waals surface area contributed by atoms with E-state index in [0.29, 0.717) is 29.4 Å². The van der Waals surface area contributed by atoms with Crippen molar-refractivity contribution in [1.82, 2.24) is 5.32 Å². The van der Waals surface area contributed by atoms with Gasteiger partial charge in [0.2, 0.25) is 0 Å². The number of benzene rings is 2. The van der Waals surface area contributed by atoms with E-state index in [1.165, 1.54) is 26.4 Å². The predicted octanol–water partition coefficient (Wildman–Crippen LogP) is 2.19. The number of hydrogen-bond donors (Lipinski definition) is 1. The van der Waals surface area contributed by atoms with Crippen molar-refractivity contribution in [2.24, 2.45) is 0 Å². The lowest BCUT2D eigenvalue weighted by Crippen LogP contribution is -2.28. The molecule has 0 aromatic heterocycles. The van der Waals surface area contributed by atoms with Crippen LogP contribution in [0.25, 0.3) is 0 Å². The summed E-state index contributed by atoms with van der Waals surface area (Å²) >= 11 is 0. The second-order valence-corrected chi connectivity index (χ2v) is 5.23. The summed E-state index contributed by atoms with van der Waals surface area (Å²) in [6.07, 6.45) is 0. The van der Waals surface area contributed by atoms with Crippen LogP contribution in [0.1, 0.15) is 15.9 Å². The predicted molar refractivity (Wildman–Crippen MR) is 94.7 cm³/mol. The fourth-order valence-corrected chi connectivity index (χ4v) is 2.27. The molecular weight excluding hydrogens is 338 g/mol. The monoisotopic (exact) mass is 359 g/mol. The van der Waals surface area contributed by atoms with Crippen LogP contribution in [0, 0.1) is 0 Å². The highest BCUT2D eigenvalue weighted by Crippen LogP contribution is 2.28. The molecule has 2 aromatic rings. The Hall–Kier alpha value is -3.22. The van der Waals surface area contributed by atoms with Gasteiger partial charge in [0.1, 0.15) is 5.75 Å². The van der Waals surface area contributed by atoms with Gasteiger partial charge in [-0.15, -0.1) is 0 Å². The van der Waals surface area contributed by atoms with Gasteiger partial charge >= 0.3 is 5.97 Å². The summed E-state index contributed by atoms with van der Waals surface area (Å²) in [6, 6.07) is 12.0. The van der Waals surface area contributed by atoms with E-state index in [1.807, 2.05) is 24.3 Å². The van der Waals surface area contributed by atoms with Gasteiger partial charge in [0.05, 0.1) is 26.9 Å². The van der Waals surface area contributed by atoms with Crippen molar-refractivity contribution in [3.05, 3.63) is 53.6 Å². The van der Waals surface area contributed by atoms with E-state index in [2.05, 4.69) is 10.1 Å². The number of methoxy groups -OCH3 is 3. The molecule has 0 fully saturated rings. The molecule has 0 saturated heterocycles. The van der Waals surface area contributed by atoms with Gasteiger partial charge in [0.15, 0.2) is 18.1 Å². The molecule has 0 atom stereocenters. The third-order valence-electron chi connectivity index (χ3n) is 3.61. The Morgan fingerprint density at radius 2 is 1.65 bits per heavy atom. The Bertz CT molecular complexity index is 774. The maximum absolute atomic E-state index is 12.0. The minimum Gasteiger partial charge on any atom is -0.496 e. The van der Waals surface area contributed by atoms with E-state index in [1.54, 1.807) is 13.2 Å². The number of nitrogens with one attached hydrogen (secondary N) is 1. The molecule has 1 N–H and O–H groups in total. The van der Waals surface area contributed by atoms with E-state index in [4.69, 9.17) is 14.2 Å². The summed E-state index contributed by atoms with van der Waals surface area (Å²) in [6.45, 7) is 0.133. The first-order chi connectivity index (χ1) is 12.6. The van der Waals surface area contributed by atoms with Crippen molar-refractivity contribution in [3.63, 3.8) is 0 Å². The first-order valence-electron chi connectivity index (χ1n) is 7.86. The molecule has 0 bridgehead atoms. The molecule has 0 heterocycles. The van der Waals surface area contributed by atoms with E-state index >= 15 is 0 Å². The smallest absolute Gasteiger partial charge is 0.337 e. The Kier molecular flexibility index (Phi) is 6.84. The number of amides is 1. The molecule has 0 radical (unpaired) electrons. The molecule has 7 nitrogen and oxygen atoms in total. The summed E-state index contributed by atoms with van der Waals surface area (Å²) in [5.41, 5.74) is 1.20. The van der Waals surface area contributed by atoms with Crippen LogP contribution in [-0.2, 0) is 16.1 Å². The van der Waals surface area contributed by atoms with Crippen LogP contribution in [0.4, 0.5) is 0 Å². The summed E-state index contributed by atoms with van der Waals surface area (Å²) in [5, 5.41) is 2.76. The number of ether oxygens (including phenoxy) is 4. The van der Waals surface area contributed by atoms with Crippen molar-refractivity contribution in [2.75, 3.05) is 27.9 Å². The van der Waals surface area contributed by atoms with Gasteiger partial charge in [-0.05, 0) is 24.3 Å². The molecule has 2 aromatic carbocycles. The van der Waals surface area contributed by atoms with E-state index in [9.17, 15) is 9.59 Å². The average Bonchev–Trinajstić information content (AvgIpc) is 2.69. The lowest BCUT2D eigenvalue weighted by atomic mass is 10.2. The Balaban J connectivity index is 1.93. The van der Waals surface area contributed by atoms with Crippen LogP contribution in [0.3, 0.4) is 0 Å². The molecule has 0 unspecified atom stereocenters. The molecular formula is C19H21NO6. The average molecular weight is 359 g/mol. The molecule has 0 saturated carbocycles. The number of rotatable bonds is 8. The fourth-order valence-electron chi connectivity index (χ4n) is 2.27. The van der Waals surface area contributed by atoms with Crippen molar-refractivity contribution < 1.29 is 28.5 Å². The van der Waals surface area contributed by atoms with Crippen LogP contribution in [-0.4, -0.2) is 39.8 Å². The maximum Gasteiger partial charge on any atom is 0.337 e. The SMILES string of the molecule is COC(=O)c1ccc(OCC(=O)NCc2ccccc2OC)c(OC)c1. The number of carbonyl (C=O) groups excluding carboxylic acids is 2. The Morgan fingerprint density at radius 1 is 0.923 bits per heavy atom. The van der Waals surface area contributed by atoms with Crippen molar-refractivity contribution in [2.45, 2.75) is 6.54 Å². The number of para-hydroxylation sites is 1. The largest absolute Gasteiger partial charge is 0.496 e. The van der Waals surface area contributed by atoms with Gasteiger partial charge in [0.25, 0.3) is 5.91 Å². The Labute approximate surface area is 151 Å². The lowest BCUT2D eigenvalue weighted by molar-refractivity contribution is -0.123. The minimum absolute atomic E-state index is 0.191. The topological polar surface area (TPSA) is 83.1 Å². The van der Waals surface area contributed by atoms with Crippen LogP contribution in [0.15, 0.2) is 42.5 Å². The third-order valence-corrected chi connectivity index (χ3v) is 3.61. The highest BCUT2D eigenvalue weighted by molar-refractivity contribution is 5.90. The molecule has 0 aliphatic carbocycles. The fraction of sp³-hybridized carbons (Fsp3) is 0.263. The van der Waals surface area contributed by atoms with Crippen molar-refractivity contribution >= 4 is 11.9 Å². The highest BCUT2D eigenvalue weighted by atomic mass is 16.5.